The maximum atomic E-state index is 13.1. The molecule has 0 aromatic carbocycles. The number of amides is 2. The molecule has 0 unspecified atom stereocenters. The Kier molecular flexibility index (Phi) is 5.59. The topological polar surface area (TPSA) is 145 Å². The third kappa shape index (κ3) is 4.18. The minimum atomic E-state index is -0.139. The molecule has 1 fully saturated rings. The number of imidazole rings is 1. The van der Waals surface area contributed by atoms with Gasteiger partial charge in [-0.1, -0.05) is 13.8 Å². The number of nitrogens with zero attached hydrogens (tertiary/aromatic N) is 6. The quantitative estimate of drug-likeness (QED) is 0.336. The molecular formula is C26H25N9O2. The number of pyridine rings is 3. The van der Waals surface area contributed by atoms with Crippen molar-refractivity contribution in [2.45, 2.75) is 26.7 Å². The van der Waals surface area contributed by atoms with Crippen molar-refractivity contribution in [2.75, 3.05) is 18.4 Å². The first kappa shape index (κ1) is 22.8. The number of hydrogen-bond acceptors (Lipinski definition) is 7. The zero-order valence-corrected chi connectivity index (χ0v) is 20.4. The third-order valence-electron chi connectivity index (χ3n) is 6.53. The van der Waals surface area contributed by atoms with Gasteiger partial charge in [-0.15, -0.1) is 0 Å². The van der Waals surface area contributed by atoms with Crippen LogP contribution in [0.3, 0.4) is 0 Å². The molecule has 1 aliphatic heterocycles. The molecule has 37 heavy (non-hydrogen) atoms. The molecule has 0 aliphatic carbocycles. The van der Waals surface area contributed by atoms with Crippen molar-refractivity contribution < 1.29 is 9.59 Å². The lowest BCUT2D eigenvalue weighted by molar-refractivity contribution is -0.118. The van der Waals surface area contributed by atoms with E-state index in [-0.39, 0.29) is 17.7 Å². The fraction of sp³-hybridized carbons (Fsp3) is 0.269. The van der Waals surface area contributed by atoms with Crippen LogP contribution in [0.5, 0.6) is 0 Å². The Morgan fingerprint density at radius 1 is 1.00 bits per heavy atom. The van der Waals surface area contributed by atoms with Gasteiger partial charge >= 0.3 is 0 Å². The van der Waals surface area contributed by atoms with Gasteiger partial charge in [0.1, 0.15) is 11.2 Å². The molecule has 0 bridgehead atoms. The van der Waals surface area contributed by atoms with Gasteiger partial charge in [-0.25, -0.2) is 9.97 Å². The van der Waals surface area contributed by atoms with Gasteiger partial charge in [-0.2, -0.15) is 5.10 Å². The van der Waals surface area contributed by atoms with Gasteiger partial charge in [0.25, 0.3) is 5.91 Å². The van der Waals surface area contributed by atoms with Crippen LogP contribution in [-0.4, -0.2) is 64.9 Å². The maximum Gasteiger partial charge on any atom is 0.257 e. The number of hydrogen-bond donors (Lipinski definition) is 3. The minimum Gasteiger partial charge on any atom is -0.339 e. The maximum absolute atomic E-state index is 13.1. The standard InChI is InChI=1S/C26H25N9O2/c1-14(2)25(36)30-17-7-15(9-27-11-17)16-8-18-22(33-34-23(18)29-10-16)24-31-20-13-28-12-19(21(20)32-24)26(37)35-5-3-4-6-35/h7-14H,3-6H2,1-2H3,(H,30,36)(H,31,32)(H,29,33,34). The smallest absolute Gasteiger partial charge is 0.257 e. The second-order valence-electron chi connectivity index (χ2n) is 9.47. The number of anilines is 1. The van der Waals surface area contributed by atoms with Crippen LogP contribution < -0.4 is 5.32 Å². The fourth-order valence-corrected chi connectivity index (χ4v) is 4.49. The number of aromatic amines is 2. The first-order valence-electron chi connectivity index (χ1n) is 12.2. The molecule has 2 amide bonds. The van der Waals surface area contributed by atoms with E-state index in [1.807, 2.05) is 30.9 Å². The van der Waals surface area contributed by atoms with Crippen molar-refractivity contribution in [3.05, 3.63) is 48.7 Å². The van der Waals surface area contributed by atoms with Gasteiger partial charge < -0.3 is 15.2 Å². The zero-order chi connectivity index (χ0) is 25.5. The number of carbonyl (C=O) groups is 2. The average Bonchev–Trinajstić information content (AvgIpc) is 3.67. The summed E-state index contributed by atoms with van der Waals surface area (Å²) in [7, 11) is 0. The molecule has 0 atom stereocenters. The van der Waals surface area contributed by atoms with Crippen LogP contribution in [0.2, 0.25) is 0 Å². The summed E-state index contributed by atoms with van der Waals surface area (Å²) in [5, 5.41) is 11.0. The van der Waals surface area contributed by atoms with Gasteiger partial charge in [0.2, 0.25) is 5.91 Å². The lowest BCUT2D eigenvalue weighted by Crippen LogP contribution is -2.27. The highest BCUT2D eigenvalue weighted by Gasteiger charge is 2.24. The molecule has 5 aromatic heterocycles. The summed E-state index contributed by atoms with van der Waals surface area (Å²) in [6.07, 6.45) is 10.3. The van der Waals surface area contributed by atoms with E-state index >= 15 is 0 Å². The number of aromatic nitrogens is 7. The van der Waals surface area contributed by atoms with Gasteiger partial charge in [-0.05, 0) is 25.0 Å². The average molecular weight is 496 g/mol. The molecule has 1 saturated heterocycles. The van der Waals surface area contributed by atoms with Gasteiger partial charge in [-0.3, -0.25) is 24.7 Å². The van der Waals surface area contributed by atoms with E-state index in [1.54, 1.807) is 31.0 Å². The Hall–Kier alpha value is -4.67. The molecule has 0 saturated carbocycles. The monoisotopic (exact) mass is 495 g/mol. The normalized spacial score (nSPS) is 13.6. The van der Waals surface area contributed by atoms with E-state index in [0.29, 0.717) is 39.4 Å². The summed E-state index contributed by atoms with van der Waals surface area (Å²) in [5.41, 5.74) is 5.14. The first-order valence-corrected chi connectivity index (χ1v) is 12.2. The summed E-state index contributed by atoms with van der Waals surface area (Å²) in [5.74, 6) is 0.270. The first-order chi connectivity index (χ1) is 18.0. The number of likely N-dealkylation sites (tertiary alicyclic amines) is 1. The summed E-state index contributed by atoms with van der Waals surface area (Å²) in [6.45, 7) is 5.18. The second kappa shape index (κ2) is 9.08. The highest BCUT2D eigenvalue weighted by atomic mass is 16.2. The highest BCUT2D eigenvalue weighted by Crippen LogP contribution is 2.30. The molecule has 5 aromatic rings. The summed E-state index contributed by atoms with van der Waals surface area (Å²) in [6, 6.07) is 3.81. The molecule has 11 nitrogen and oxygen atoms in total. The molecule has 1 aliphatic rings. The van der Waals surface area contributed by atoms with Crippen LogP contribution >= 0.6 is 0 Å². The third-order valence-corrected chi connectivity index (χ3v) is 6.53. The van der Waals surface area contributed by atoms with Crippen molar-refractivity contribution in [3.8, 4) is 22.6 Å². The SMILES string of the molecule is CC(C)C(=O)Nc1cncc(-c2cnc3n[nH]c(-c4nc5c(C(=O)N6CCCC6)cncc5[nH]4)c3c2)c1. The molecule has 3 N–H and O–H groups in total. The van der Waals surface area contributed by atoms with Crippen LogP contribution in [0, 0.1) is 5.92 Å². The van der Waals surface area contributed by atoms with E-state index in [4.69, 9.17) is 4.98 Å². The zero-order valence-electron chi connectivity index (χ0n) is 20.4. The summed E-state index contributed by atoms with van der Waals surface area (Å²) < 4.78 is 0. The predicted octanol–water partition coefficient (Wildman–Crippen LogP) is 3.79. The molecule has 6 heterocycles. The highest BCUT2D eigenvalue weighted by molar-refractivity contribution is 6.05. The summed E-state index contributed by atoms with van der Waals surface area (Å²) >= 11 is 0. The van der Waals surface area contributed by atoms with Crippen LogP contribution in [-0.2, 0) is 4.79 Å². The Balaban J connectivity index is 1.38. The van der Waals surface area contributed by atoms with E-state index in [2.05, 4.69) is 35.5 Å². The molecule has 6 rings (SSSR count). The molecular weight excluding hydrogens is 470 g/mol. The number of carbonyl (C=O) groups excluding carboxylic acids is 2. The lowest BCUT2D eigenvalue weighted by Gasteiger charge is -2.14. The van der Waals surface area contributed by atoms with Crippen LogP contribution in [0.25, 0.3) is 44.7 Å². The van der Waals surface area contributed by atoms with Gasteiger partial charge in [0.15, 0.2) is 11.5 Å². The van der Waals surface area contributed by atoms with E-state index in [9.17, 15) is 9.59 Å². The lowest BCUT2D eigenvalue weighted by atomic mass is 10.1. The predicted molar refractivity (Wildman–Crippen MR) is 139 cm³/mol. The van der Waals surface area contributed by atoms with E-state index in [0.717, 1.165) is 42.4 Å². The van der Waals surface area contributed by atoms with Crippen molar-refractivity contribution in [3.63, 3.8) is 0 Å². The van der Waals surface area contributed by atoms with Crippen molar-refractivity contribution in [2.24, 2.45) is 5.92 Å². The Bertz CT molecular complexity index is 1650. The van der Waals surface area contributed by atoms with Crippen molar-refractivity contribution >= 4 is 39.6 Å². The van der Waals surface area contributed by atoms with Crippen LogP contribution in [0.15, 0.2) is 43.1 Å². The number of rotatable bonds is 5. The molecule has 11 heteroatoms. The Morgan fingerprint density at radius 3 is 2.59 bits per heavy atom. The van der Waals surface area contributed by atoms with E-state index < -0.39 is 0 Å². The van der Waals surface area contributed by atoms with Gasteiger partial charge in [0.05, 0.1) is 34.5 Å². The minimum absolute atomic E-state index is 0.0518. The number of nitrogens with one attached hydrogen (secondary N) is 3. The summed E-state index contributed by atoms with van der Waals surface area (Å²) in [4.78, 5) is 48.1. The Morgan fingerprint density at radius 2 is 1.78 bits per heavy atom. The molecule has 0 spiro atoms. The van der Waals surface area contributed by atoms with Crippen LogP contribution in [0.4, 0.5) is 5.69 Å². The molecule has 0 radical (unpaired) electrons. The fourth-order valence-electron chi connectivity index (χ4n) is 4.49. The Labute approximate surface area is 211 Å². The second-order valence-corrected chi connectivity index (χ2v) is 9.47. The van der Waals surface area contributed by atoms with Gasteiger partial charge in [0, 0.05) is 48.7 Å². The molecule has 186 valence electrons. The number of H-pyrrole nitrogens is 2. The van der Waals surface area contributed by atoms with Crippen LogP contribution in [0.1, 0.15) is 37.0 Å². The largest absolute Gasteiger partial charge is 0.339 e. The van der Waals surface area contributed by atoms with E-state index in [1.165, 1.54) is 0 Å². The number of fused-ring (bicyclic) bond motifs is 2. The van der Waals surface area contributed by atoms with Crippen molar-refractivity contribution in [1.82, 2.24) is 40.0 Å². The van der Waals surface area contributed by atoms with Crippen molar-refractivity contribution in [1.29, 1.82) is 0 Å².